The third-order valence-electron chi connectivity index (χ3n) is 5.46. The summed E-state index contributed by atoms with van der Waals surface area (Å²) in [5, 5.41) is 14.4. The van der Waals surface area contributed by atoms with Crippen molar-refractivity contribution in [3.05, 3.63) is 36.8 Å². The molecule has 0 bridgehead atoms. The van der Waals surface area contributed by atoms with Crippen LogP contribution in [0.3, 0.4) is 0 Å². The molecule has 5 aromatic heterocycles. The molecule has 9 nitrogen and oxygen atoms in total. The Hall–Kier alpha value is -3.75. The van der Waals surface area contributed by atoms with Gasteiger partial charge in [0.05, 0.1) is 22.9 Å². The van der Waals surface area contributed by atoms with Crippen LogP contribution < -0.4 is 4.90 Å². The highest BCUT2D eigenvalue weighted by Gasteiger charge is 2.20. The highest BCUT2D eigenvalue weighted by atomic mass is 15.2. The third kappa shape index (κ3) is 2.65. The number of anilines is 1. The molecule has 9 heteroatoms. The zero-order valence-corrected chi connectivity index (χ0v) is 15.7. The van der Waals surface area contributed by atoms with Crippen LogP contribution in [-0.2, 0) is 0 Å². The average Bonchev–Trinajstić information content (AvgIpc) is 3.52. The number of imidazole rings is 1. The Morgan fingerprint density at radius 1 is 0.931 bits per heavy atom. The van der Waals surface area contributed by atoms with Gasteiger partial charge < -0.3 is 9.88 Å². The van der Waals surface area contributed by atoms with E-state index in [1.807, 2.05) is 30.6 Å². The highest BCUT2D eigenvalue weighted by Crippen LogP contribution is 2.30. The van der Waals surface area contributed by atoms with Crippen LogP contribution >= 0.6 is 0 Å². The minimum atomic E-state index is 0.689. The summed E-state index contributed by atoms with van der Waals surface area (Å²) >= 11 is 0. The molecular weight excluding hydrogens is 366 g/mol. The lowest BCUT2D eigenvalue weighted by atomic mass is 10.1. The summed E-state index contributed by atoms with van der Waals surface area (Å²) in [5.74, 6) is 1.63. The zero-order chi connectivity index (χ0) is 19.2. The first-order chi connectivity index (χ1) is 14.4. The Morgan fingerprint density at radius 3 is 2.72 bits per heavy atom. The molecule has 0 saturated carbocycles. The van der Waals surface area contributed by atoms with Crippen LogP contribution in [0.25, 0.3) is 44.8 Å². The minimum Gasteiger partial charge on any atom is -0.355 e. The molecule has 6 rings (SSSR count). The maximum atomic E-state index is 4.87. The summed E-state index contributed by atoms with van der Waals surface area (Å²) in [5.41, 5.74) is 5.94. The molecule has 6 heterocycles. The summed E-state index contributed by atoms with van der Waals surface area (Å²) in [6, 6.07) is 5.88. The van der Waals surface area contributed by atoms with Gasteiger partial charge in [0.15, 0.2) is 17.3 Å². The Bertz CT molecular complexity index is 1290. The molecule has 29 heavy (non-hydrogen) atoms. The lowest BCUT2D eigenvalue weighted by molar-refractivity contribution is 0.574. The van der Waals surface area contributed by atoms with Crippen molar-refractivity contribution < 1.29 is 0 Å². The molecule has 1 aliphatic heterocycles. The van der Waals surface area contributed by atoms with Crippen molar-refractivity contribution >= 4 is 27.9 Å². The number of aromatic nitrogens is 8. The molecular formula is C20H19N9. The van der Waals surface area contributed by atoms with Gasteiger partial charge in [0, 0.05) is 31.0 Å². The number of nitrogens with zero attached hydrogens (tertiary/aromatic N) is 6. The first kappa shape index (κ1) is 16.2. The van der Waals surface area contributed by atoms with Crippen LogP contribution in [0.15, 0.2) is 36.8 Å². The van der Waals surface area contributed by atoms with Crippen LogP contribution in [-0.4, -0.2) is 53.4 Å². The quantitative estimate of drug-likeness (QED) is 0.439. The van der Waals surface area contributed by atoms with Crippen molar-refractivity contribution in [3.8, 4) is 22.8 Å². The van der Waals surface area contributed by atoms with Gasteiger partial charge in [-0.25, -0.2) is 15.0 Å². The smallest absolute Gasteiger partial charge is 0.161 e. The molecule has 0 unspecified atom stereocenters. The van der Waals surface area contributed by atoms with Gasteiger partial charge in [-0.05, 0) is 37.5 Å². The molecule has 0 radical (unpaired) electrons. The standard InChI is InChI=1S/C20H19N9/c1-2-8-29(9-3-1)20-17-14(6-7-21-20)25-19(26-17)18-16-15(27-28-18)5-4-13(24-16)12-10-22-23-11-12/h4-7,10-11H,1-3,8-9H2,(H,22,23)(H,25,26)(H,27,28). The van der Waals surface area contributed by atoms with E-state index in [2.05, 4.69) is 35.3 Å². The van der Waals surface area contributed by atoms with E-state index in [4.69, 9.17) is 9.97 Å². The monoisotopic (exact) mass is 385 g/mol. The number of rotatable bonds is 3. The van der Waals surface area contributed by atoms with Crippen molar-refractivity contribution in [1.82, 2.24) is 40.3 Å². The molecule has 0 spiro atoms. The van der Waals surface area contributed by atoms with E-state index in [1.54, 1.807) is 6.20 Å². The van der Waals surface area contributed by atoms with E-state index < -0.39 is 0 Å². The molecule has 0 amide bonds. The van der Waals surface area contributed by atoms with Crippen LogP contribution in [0.4, 0.5) is 5.82 Å². The van der Waals surface area contributed by atoms with E-state index in [0.717, 1.165) is 52.2 Å². The van der Waals surface area contributed by atoms with E-state index in [9.17, 15) is 0 Å². The van der Waals surface area contributed by atoms with Crippen LogP contribution in [0.2, 0.25) is 0 Å². The van der Waals surface area contributed by atoms with Crippen molar-refractivity contribution in [2.75, 3.05) is 18.0 Å². The number of pyridine rings is 2. The highest BCUT2D eigenvalue weighted by molar-refractivity contribution is 5.93. The van der Waals surface area contributed by atoms with E-state index in [0.29, 0.717) is 11.5 Å². The molecule has 0 aromatic carbocycles. The van der Waals surface area contributed by atoms with Crippen molar-refractivity contribution in [1.29, 1.82) is 0 Å². The first-order valence-corrected chi connectivity index (χ1v) is 9.81. The molecule has 0 atom stereocenters. The van der Waals surface area contributed by atoms with E-state index >= 15 is 0 Å². The number of hydrogen-bond acceptors (Lipinski definition) is 6. The second-order valence-corrected chi connectivity index (χ2v) is 7.32. The molecule has 5 aromatic rings. The van der Waals surface area contributed by atoms with Gasteiger partial charge in [-0.15, -0.1) is 0 Å². The lowest BCUT2D eigenvalue weighted by Gasteiger charge is -2.27. The number of piperidine rings is 1. The Kier molecular flexibility index (Phi) is 3.58. The van der Waals surface area contributed by atoms with Gasteiger partial charge in [0.1, 0.15) is 11.0 Å². The number of aromatic amines is 3. The zero-order valence-electron chi connectivity index (χ0n) is 15.7. The summed E-state index contributed by atoms with van der Waals surface area (Å²) in [6.07, 6.45) is 9.09. The number of nitrogens with one attached hydrogen (secondary N) is 3. The van der Waals surface area contributed by atoms with Gasteiger partial charge in [0.2, 0.25) is 0 Å². The summed E-state index contributed by atoms with van der Waals surface area (Å²) in [4.78, 5) is 20.0. The Labute approximate surface area is 165 Å². The van der Waals surface area contributed by atoms with Crippen LogP contribution in [0.5, 0.6) is 0 Å². The van der Waals surface area contributed by atoms with E-state index in [1.165, 1.54) is 19.3 Å². The molecule has 1 saturated heterocycles. The average molecular weight is 385 g/mol. The normalized spacial score (nSPS) is 14.8. The topological polar surface area (TPSA) is 115 Å². The van der Waals surface area contributed by atoms with Crippen molar-refractivity contribution in [2.45, 2.75) is 19.3 Å². The van der Waals surface area contributed by atoms with Gasteiger partial charge in [0.25, 0.3) is 0 Å². The van der Waals surface area contributed by atoms with E-state index in [-0.39, 0.29) is 0 Å². The molecule has 1 aliphatic rings. The molecule has 144 valence electrons. The molecule has 3 N–H and O–H groups in total. The van der Waals surface area contributed by atoms with Gasteiger partial charge in [-0.2, -0.15) is 10.2 Å². The second-order valence-electron chi connectivity index (χ2n) is 7.32. The summed E-state index contributed by atoms with van der Waals surface area (Å²) in [7, 11) is 0. The maximum Gasteiger partial charge on any atom is 0.161 e. The predicted molar refractivity (Wildman–Crippen MR) is 110 cm³/mol. The largest absolute Gasteiger partial charge is 0.355 e. The van der Waals surface area contributed by atoms with Crippen molar-refractivity contribution in [2.24, 2.45) is 0 Å². The summed E-state index contributed by atoms with van der Waals surface area (Å²) < 4.78 is 0. The molecule has 1 fully saturated rings. The Morgan fingerprint density at radius 2 is 1.86 bits per heavy atom. The lowest BCUT2D eigenvalue weighted by Crippen LogP contribution is -2.30. The number of H-pyrrole nitrogens is 3. The fraction of sp³-hybridized carbons (Fsp3) is 0.250. The van der Waals surface area contributed by atoms with Gasteiger partial charge in [-0.3, -0.25) is 10.2 Å². The number of hydrogen-bond donors (Lipinski definition) is 3. The van der Waals surface area contributed by atoms with Gasteiger partial charge in [-0.1, -0.05) is 0 Å². The SMILES string of the molecule is c1cc2[nH]c(-c3n[nH]c4ccc(-c5cn[nH]c5)nc34)nc2c(N2CCCCC2)n1. The fourth-order valence-electron chi connectivity index (χ4n) is 3.99. The third-order valence-corrected chi connectivity index (χ3v) is 5.46. The number of fused-ring (bicyclic) bond motifs is 2. The minimum absolute atomic E-state index is 0.689. The molecule has 0 aliphatic carbocycles. The van der Waals surface area contributed by atoms with Crippen molar-refractivity contribution in [3.63, 3.8) is 0 Å². The van der Waals surface area contributed by atoms with Crippen LogP contribution in [0, 0.1) is 0 Å². The Balaban J connectivity index is 1.48. The second kappa shape index (κ2) is 6.40. The summed E-state index contributed by atoms with van der Waals surface area (Å²) in [6.45, 7) is 2.05. The van der Waals surface area contributed by atoms with Crippen LogP contribution in [0.1, 0.15) is 19.3 Å². The first-order valence-electron chi connectivity index (χ1n) is 9.81. The van der Waals surface area contributed by atoms with Gasteiger partial charge >= 0.3 is 0 Å². The maximum absolute atomic E-state index is 4.87. The predicted octanol–water partition coefficient (Wildman–Crippen LogP) is 3.28. The fourth-order valence-corrected chi connectivity index (χ4v) is 3.99.